The lowest BCUT2D eigenvalue weighted by molar-refractivity contribution is -0.129. The molecule has 1 saturated heterocycles. The van der Waals surface area contributed by atoms with Gasteiger partial charge < -0.3 is 15.3 Å². The van der Waals surface area contributed by atoms with Gasteiger partial charge >= 0.3 is 0 Å². The van der Waals surface area contributed by atoms with E-state index in [1.54, 1.807) is 4.90 Å². The summed E-state index contributed by atoms with van der Waals surface area (Å²) >= 11 is 5.81. The fourth-order valence-electron chi connectivity index (χ4n) is 2.72. The molecule has 1 fully saturated rings. The molecule has 0 aromatic heterocycles. The molecule has 1 aliphatic rings. The predicted molar refractivity (Wildman–Crippen MR) is 90.8 cm³/mol. The number of amides is 2. The number of nitrogens with one attached hydrogen (secondary N) is 1. The van der Waals surface area contributed by atoms with Crippen molar-refractivity contribution in [3.05, 3.63) is 64.7 Å². The summed E-state index contributed by atoms with van der Waals surface area (Å²) < 4.78 is 0. The Morgan fingerprint density at radius 2 is 2.00 bits per heavy atom. The second-order valence-corrected chi connectivity index (χ2v) is 6.13. The van der Waals surface area contributed by atoms with Gasteiger partial charge in [-0.1, -0.05) is 41.9 Å². The lowest BCUT2D eigenvalue weighted by Gasteiger charge is -2.17. The quantitative estimate of drug-likeness (QED) is 0.895. The summed E-state index contributed by atoms with van der Waals surface area (Å²) in [7, 11) is 0. The molecule has 1 heterocycles. The third-order valence-electron chi connectivity index (χ3n) is 4.03. The van der Waals surface area contributed by atoms with Crippen molar-refractivity contribution in [3.63, 3.8) is 0 Å². The number of rotatable bonds is 4. The number of likely N-dealkylation sites (tertiary alicyclic amines) is 1. The summed E-state index contributed by atoms with van der Waals surface area (Å²) in [5.74, 6) is -0.548. The first-order chi connectivity index (χ1) is 11.5. The van der Waals surface area contributed by atoms with Crippen LogP contribution in [0.4, 0.5) is 0 Å². The van der Waals surface area contributed by atoms with Crippen LogP contribution < -0.4 is 5.32 Å². The highest BCUT2D eigenvalue weighted by molar-refractivity contribution is 6.32. The number of benzene rings is 2. The Labute approximate surface area is 144 Å². The molecular formula is C18H17ClN2O3. The first kappa shape index (κ1) is 16.3. The SMILES string of the molecule is O=C(N[C@H]1CCN(Cc2ccccc2)C1=O)c1ccc(O)c(Cl)c1. The lowest BCUT2D eigenvalue weighted by Crippen LogP contribution is -2.41. The van der Waals surface area contributed by atoms with Crippen LogP contribution in [0.2, 0.25) is 5.02 Å². The van der Waals surface area contributed by atoms with E-state index >= 15 is 0 Å². The fourth-order valence-corrected chi connectivity index (χ4v) is 2.90. The van der Waals surface area contributed by atoms with E-state index < -0.39 is 6.04 Å². The van der Waals surface area contributed by atoms with Gasteiger partial charge in [0.25, 0.3) is 5.91 Å². The van der Waals surface area contributed by atoms with Gasteiger partial charge in [-0.2, -0.15) is 0 Å². The molecule has 0 spiro atoms. The zero-order chi connectivity index (χ0) is 17.1. The van der Waals surface area contributed by atoms with Gasteiger partial charge in [0.1, 0.15) is 11.8 Å². The minimum Gasteiger partial charge on any atom is -0.506 e. The van der Waals surface area contributed by atoms with Crippen LogP contribution in [0.3, 0.4) is 0 Å². The van der Waals surface area contributed by atoms with E-state index in [0.29, 0.717) is 25.1 Å². The number of aromatic hydroxyl groups is 1. The van der Waals surface area contributed by atoms with Crippen molar-refractivity contribution < 1.29 is 14.7 Å². The minimum absolute atomic E-state index is 0.0841. The molecule has 0 radical (unpaired) electrons. The van der Waals surface area contributed by atoms with Gasteiger partial charge in [-0.05, 0) is 30.2 Å². The number of carbonyl (C=O) groups is 2. The molecule has 5 nitrogen and oxygen atoms in total. The maximum atomic E-state index is 12.4. The summed E-state index contributed by atoms with van der Waals surface area (Å²) in [5, 5.41) is 12.2. The van der Waals surface area contributed by atoms with E-state index in [0.717, 1.165) is 5.56 Å². The van der Waals surface area contributed by atoms with Crippen molar-refractivity contribution in [2.75, 3.05) is 6.54 Å². The Morgan fingerprint density at radius 1 is 1.25 bits per heavy atom. The monoisotopic (exact) mass is 344 g/mol. The first-order valence-electron chi connectivity index (χ1n) is 7.66. The van der Waals surface area contributed by atoms with E-state index in [1.165, 1.54) is 18.2 Å². The molecule has 124 valence electrons. The molecule has 2 aromatic carbocycles. The van der Waals surface area contributed by atoms with E-state index in [4.69, 9.17) is 11.6 Å². The topological polar surface area (TPSA) is 69.6 Å². The van der Waals surface area contributed by atoms with Crippen LogP contribution >= 0.6 is 11.6 Å². The molecule has 0 bridgehead atoms. The Morgan fingerprint density at radius 3 is 2.71 bits per heavy atom. The number of carbonyl (C=O) groups excluding carboxylic acids is 2. The standard InChI is InChI=1S/C18H17ClN2O3/c19-14-10-13(6-7-16(14)22)17(23)20-15-8-9-21(18(15)24)11-12-4-2-1-3-5-12/h1-7,10,15,22H,8-9,11H2,(H,20,23)/t15-/m0/s1. The van der Waals surface area contributed by atoms with Gasteiger partial charge in [0.2, 0.25) is 5.91 Å². The molecule has 1 aliphatic heterocycles. The van der Waals surface area contributed by atoms with E-state index in [2.05, 4.69) is 5.32 Å². The molecule has 2 N–H and O–H groups in total. The molecule has 0 saturated carbocycles. The second-order valence-electron chi connectivity index (χ2n) is 5.73. The summed E-state index contributed by atoms with van der Waals surface area (Å²) in [5.41, 5.74) is 1.37. The average molecular weight is 345 g/mol. The molecule has 2 amide bonds. The van der Waals surface area contributed by atoms with Crippen LogP contribution in [0.15, 0.2) is 48.5 Å². The number of hydrogen-bond acceptors (Lipinski definition) is 3. The van der Waals surface area contributed by atoms with E-state index in [9.17, 15) is 14.7 Å². The van der Waals surface area contributed by atoms with Crippen LogP contribution in [0, 0.1) is 0 Å². The van der Waals surface area contributed by atoms with Crippen molar-refractivity contribution in [3.8, 4) is 5.75 Å². The maximum Gasteiger partial charge on any atom is 0.251 e. The number of nitrogens with zero attached hydrogens (tertiary/aromatic N) is 1. The third kappa shape index (κ3) is 3.51. The van der Waals surface area contributed by atoms with Crippen LogP contribution in [-0.2, 0) is 11.3 Å². The normalized spacial score (nSPS) is 17.1. The largest absolute Gasteiger partial charge is 0.506 e. The van der Waals surface area contributed by atoms with Gasteiger partial charge in [-0.3, -0.25) is 9.59 Å². The summed E-state index contributed by atoms with van der Waals surface area (Å²) in [6, 6.07) is 13.4. The molecule has 3 rings (SSSR count). The Kier molecular flexibility index (Phi) is 4.71. The number of hydrogen-bond donors (Lipinski definition) is 2. The van der Waals surface area contributed by atoms with Crippen molar-refractivity contribution in [1.29, 1.82) is 0 Å². The summed E-state index contributed by atoms with van der Waals surface area (Å²) in [4.78, 5) is 26.4. The molecule has 0 aliphatic carbocycles. The summed E-state index contributed by atoms with van der Waals surface area (Å²) in [6.45, 7) is 1.14. The van der Waals surface area contributed by atoms with Crippen molar-refractivity contribution >= 4 is 23.4 Å². The van der Waals surface area contributed by atoms with E-state index in [1.807, 2.05) is 30.3 Å². The number of halogens is 1. The highest BCUT2D eigenvalue weighted by Crippen LogP contribution is 2.24. The minimum atomic E-state index is -0.534. The zero-order valence-electron chi connectivity index (χ0n) is 12.9. The fraction of sp³-hybridized carbons (Fsp3) is 0.222. The van der Waals surface area contributed by atoms with Crippen LogP contribution in [0.25, 0.3) is 0 Å². The average Bonchev–Trinajstić information content (AvgIpc) is 2.91. The van der Waals surface area contributed by atoms with Crippen molar-refractivity contribution in [2.45, 2.75) is 19.0 Å². The molecule has 24 heavy (non-hydrogen) atoms. The summed E-state index contributed by atoms with van der Waals surface area (Å²) in [6.07, 6.45) is 0.573. The molecule has 1 atom stereocenters. The predicted octanol–water partition coefficient (Wildman–Crippen LogP) is 2.58. The van der Waals surface area contributed by atoms with Crippen LogP contribution in [0.5, 0.6) is 5.75 Å². The third-order valence-corrected chi connectivity index (χ3v) is 4.33. The molecule has 2 aromatic rings. The second kappa shape index (κ2) is 6.93. The zero-order valence-corrected chi connectivity index (χ0v) is 13.7. The maximum absolute atomic E-state index is 12.4. The van der Waals surface area contributed by atoms with Crippen LogP contribution in [0.1, 0.15) is 22.3 Å². The number of phenols is 1. The first-order valence-corrected chi connectivity index (χ1v) is 8.04. The molecule has 6 heteroatoms. The highest BCUT2D eigenvalue weighted by atomic mass is 35.5. The Balaban J connectivity index is 1.63. The Bertz CT molecular complexity index is 764. The highest BCUT2D eigenvalue weighted by Gasteiger charge is 2.32. The number of phenolic OH excluding ortho intramolecular Hbond substituents is 1. The molecular weight excluding hydrogens is 328 g/mol. The van der Waals surface area contributed by atoms with Gasteiger partial charge in [0.15, 0.2) is 0 Å². The van der Waals surface area contributed by atoms with Gasteiger partial charge in [0, 0.05) is 18.7 Å². The lowest BCUT2D eigenvalue weighted by atomic mass is 10.1. The van der Waals surface area contributed by atoms with Gasteiger partial charge in [-0.25, -0.2) is 0 Å². The van der Waals surface area contributed by atoms with Crippen molar-refractivity contribution in [2.24, 2.45) is 0 Å². The van der Waals surface area contributed by atoms with Crippen LogP contribution in [-0.4, -0.2) is 34.4 Å². The Hall–Kier alpha value is -2.53. The van der Waals surface area contributed by atoms with E-state index in [-0.39, 0.29) is 22.6 Å². The smallest absolute Gasteiger partial charge is 0.251 e. The van der Waals surface area contributed by atoms with Gasteiger partial charge in [0.05, 0.1) is 5.02 Å². The van der Waals surface area contributed by atoms with Crippen molar-refractivity contribution in [1.82, 2.24) is 10.2 Å². The van der Waals surface area contributed by atoms with Gasteiger partial charge in [-0.15, -0.1) is 0 Å². The molecule has 0 unspecified atom stereocenters.